The van der Waals surface area contributed by atoms with Gasteiger partial charge in [-0.3, -0.25) is 0 Å². The van der Waals surface area contributed by atoms with Gasteiger partial charge in [0, 0.05) is 29.2 Å². The van der Waals surface area contributed by atoms with Gasteiger partial charge in [-0.1, -0.05) is 31.5 Å². The molecule has 5 heteroatoms. The first-order chi connectivity index (χ1) is 9.58. The van der Waals surface area contributed by atoms with Crippen LogP contribution in [0, 0.1) is 0 Å². The van der Waals surface area contributed by atoms with E-state index in [1.807, 2.05) is 37.3 Å². The molecule has 0 atom stereocenters. The SMILES string of the molecule is CCNc1cc(Nc2cccc(Cl)c2)nc(C(C)C)n1. The van der Waals surface area contributed by atoms with E-state index in [-0.39, 0.29) is 5.92 Å². The van der Waals surface area contributed by atoms with E-state index in [1.54, 1.807) is 0 Å². The summed E-state index contributed by atoms with van der Waals surface area (Å²) >= 11 is 5.99. The molecule has 0 aliphatic rings. The molecule has 0 amide bonds. The number of anilines is 3. The Morgan fingerprint density at radius 1 is 1.15 bits per heavy atom. The van der Waals surface area contributed by atoms with Crippen LogP contribution in [0.1, 0.15) is 32.5 Å². The summed E-state index contributed by atoms with van der Waals surface area (Å²) < 4.78 is 0. The molecular weight excluding hydrogens is 272 g/mol. The first-order valence-electron chi connectivity index (χ1n) is 6.74. The summed E-state index contributed by atoms with van der Waals surface area (Å²) in [5, 5.41) is 7.18. The number of benzene rings is 1. The minimum atomic E-state index is 0.272. The molecule has 0 radical (unpaired) electrons. The molecule has 1 aromatic heterocycles. The zero-order valence-corrected chi connectivity index (χ0v) is 12.7. The average molecular weight is 291 g/mol. The van der Waals surface area contributed by atoms with Crippen LogP contribution in [0.4, 0.5) is 17.3 Å². The predicted octanol–water partition coefficient (Wildman–Crippen LogP) is 4.43. The maximum absolute atomic E-state index is 5.99. The van der Waals surface area contributed by atoms with Crippen LogP contribution >= 0.6 is 11.6 Å². The molecule has 0 aliphatic carbocycles. The van der Waals surface area contributed by atoms with Gasteiger partial charge in [0.25, 0.3) is 0 Å². The zero-order valence-electron chi connectivity index (χ0n) is 11.9. The monoisotopic (exact) mass is 290 g/mol. The van der Waals surface area contributed by atoms with Gasteiger partial charge < -0.3 is 10.6 Å². The number of hydrogen-bond acceptors (Lipinski definition) is 4. The Balaban J connectivity index is 2.30. The Morgan fingerprint density at radius 2 is 1.90 bits per heavy atom. The summed E-state index contributed by atoms with van der Waals surface area (Å²) in [5.74, 6) is 2.68. The highest BCUT2D eigenvalue weighted by Crippen LogP contribution is 2.22. The molecular formula is C15H19ClN4. The molecule has 0 saturated carbocycles. The van der Waals surface area contributed by atoms with Crippen LogP contribution in [-0.4, -0.2) is 16.5 Å². The zero-order chi connectivity index (χ0) is 14.5. The summed E-state index contributed by atoms with van der Waals surface area (Å²) in [4.78, 5) is 9.03. The molecule has 0 spiro atoms. The first-order valence-corrected chi connectivity index (χ1v) is 7.11. The Hall–Kier alpha value is -1.81. The van der Waals surface area contributed by atoms with Crippen molar-refractivity contribution in [2.45, 2.75) is 26.7 Å². The van der Waals surface area contributed by atoms with Crippen molar-refractivity contribution in [3.05, 3.63) is 41.2 Å². The topological polar surface area (TPSA) is 49.8 Å². The van der Waals surface area contributed by atoms with Gasteiger partial charge in [-0.05, 0) is 25.1 Å². The van der Waals surface area contributed by atoms with Crippen molar-refractivity contribution in [3.8, 4) is 0 Å². The van der Waals surface area contributed by atoms with E-state index in [4.69, 9.17) is 11.6 Å². The molecule has 0 fully saturated rings. The molecule has 2 rings (SSSR count). The van der Waals surface area contributed by atoms with E-state index in [1.165, 1.54) is 0 Å². The van der Waals surface area contributed by atoms with Crippen molar-refractivity contribution in [3.63, 3.8) is 0 Å². The number of nitrogens with zero attached hydrogens (tertiary/aromatic N) is 2. The lowest BCUT2D eigenvalue weighted by Gasteiger charge is -2.12. The molecule has 0 bridgehead atoms. The van der Waals surface area contributed by atoms with Crippen LogP contribution in [0.3, 0.4) is 0 Å². The van der Waals surface area contributed by atoms with Gasteiger partial charge in [-0.25, -0.2) is 9.97 Å². The van der Waals surface area contributed by atoms with Gasteiger partial charge in [-0.15, -0.1) is 0 Å². The Labute approximate surface area is 124 Å². The summed E-state index contributed by atoms with van der Waals surface area (Å²) in [6.07, 6.45) is 0. The smallest absolute Gasteiger partial charge is 0.136 e. The van der Waals surface area contributed by atoms with E-state index in [0.29, 0.717) is 5.02 Å². The lowest BCUT2D eigenvalue weighted by Crippen LogP contribution is -2.07. The molecule has 0 saturated heterocycles. The van der Waals surface area contributed by atoms with E-state index < -0.39 is 0 Å². The van der Waals surface area contributed by atoms with Crippen LogP contribution in [0.25, 0.3) is 0 Å². The molecule has 106 valence electrons. The van der Waals surface area contributed by atoms with Crippen LogP contribution in [0.5, 0.6) is 0 Å². The highest BCUT2D eigenvalue weighted by atomic mass is 35.5. The van der Waals surface area contributed by atoms with Gasteiger partial charge in [0.05, 0.1) is 0 Å². The average Bonchev–Trinajstić information content (AvgIpc) is 2.38. The molecule has 4 nitrogen and oxygen atoms in total. The fraction of sp³-hybridized carbons (Fsp3) is 0.333. The predicted molar refractivity (Wildman–Crippen MR) is 85.0 cm³/mol. The Bertz CT molecular complexity index is 584. The highest BCUT2D eigenvalue weighted by molar-refractivity contribution is 6.30. The molecule has 0 aliphatic heterocycles. The van der Waals surface area contributed by atoms with Crippen LogP contribution in [-0.2, 0) is 0 Å². The number of nitrogens with one attached hydrogen (secondary N) is 2. The van der Waals surface area contributed by atoms with Crippen LogP contribution in [0.15, 0.2) is 30.3 Å². The van der Waals surface area contributed by atoms with Crippen molar-refractivity contribution in [2.24, 2.45) is 0 Å². The van der Waals surface area contributed by atoms with Gasteiger partial charge in [0.1, 0.15) is 17.5 Å². The fourth-order valence-corrected chi connectivity index (χ4v) is 1.96. The quantitative estimate of drug-likeness (QED) is 0.855. The summed E-state index contributed by atoms with van der Waals surface area (Å²) in [6.45, 7) is 7.02. The molecule has 0 unspecified atom stereocenters. The third kappa shape index (κ3) is 3.84. The standard InChI is InChI=1S/C15H19ClN4/c1-4-17-13-9-14(20-15(19-13)10(2)3)18-12-7-5-6-11(16)8-12/h5-10H,4H2,1-3H3,(H2,17,18,19,20). The van der Waals surface area contributed by atoms with Gasteiger partial charge in [-0.2, -0.15) is 0 Å². The minimum absolute atomic E-state index is 0.272. The molecule has 1 heterocycles. The third-order valence-corrected chi connectivity index (χ3v) is 2.95. The van der Waals surface area contributed by atoms with Gasteiger partial charge in [0.2, 0.25) is 0 Å². The number of rotatable bonds is 5. The second-order valence-electron chi connectivity index (χ2n) is 4.82. The Morgan fingerprint density at radius 3 is 2.55 bits per heavy atom. The number of hydrogen-bond donors (Lipinski definition) is 2. The van der Waals surface area contributed by atoms with E-state index in [9.17, 15) is 0 Å². The summed E-state index contributed by atoms with van der Waals surface area (Å²) in [5.41, 5.74) is 0.911. The van der Waals surface area contributed by atoms with Crippen molar-refractivity contribution in [1.82, 2.24) is 9.97 Å². The lowest BCUT2D eigenvalue weighted by molar-refractivity contribution is 0.777. The second-order valence-corrected chi connectivity index (χ2v) is 5.25. The van der Waals surface area contributed by atoms with Gasteiger partial charge >= 0.3 is 0 Å². The maximum atomic E-state index is 5.99. The van der Waals surface area contributed by atoms with Crippen molar-refractivity contribution < 1.29 is 0 Å². The van der Waals surface area contributed by atoms with Crippen molar-refractivity contribution >= 4 is 28.9 Å². The fourth-order valence-electron chi connectivity index (χ4n) is 1.77. The van der Waals surface area contributed by atoms with Crippen molar-refractivity contribution in [2.75, 3.05) is 17.2 Å². The third-order valence-electron chi connectivity index (χ3n) is 2.71. The van der Waals surface area contributed by atoms with Crippen LogP contribution in [0.2, 0.25) is 5.02 Å². The molecule has 2 N–H and O–H groups in total. The van der Waals surface area contributed by atoms with Gasteiger partial charge in [0.15, 0.2) is 0 Å². The largest absolute Gasteiger partial charge is 0.370 e. The number of halogens is 1. The molecule has 2 aromatic rings. The normalized spacial score (nSPS) is 10.7. The van der Waals surface area contributed by atoms with Crippen molar-refractivity contribution in [1.29, 1.82) is 0 Å². The summed E-state index contributed by atoms with van der Waals surface area (Å²) in [7, 11) is 0. The first kappa shape index (κ1) is 14.6. The maximum Gasteiger partial charge on any atom is 0.136 e. The van der Waals surface area contributed by atoms with E-state index in [2.05, 4.69) is 34.4 Å². The molecule has 1 aromatic carbocycles. The van der Waals surface area contributed by atoms with E-state index in [0.717, 1.165) is 29.7 Å². The highest BCUT2D eigenvalue weighted by Gasteiger charge is 2.08. The summed E-state index contributed by atoms with van der Waals surface area (Å²) in [6, 6.07) is 9.47. The van der Waals surface area contributed by atoms with E-state index >= 15 is 0 Å². The lowest BCUT2D eigenvalue weighted by atomic mass is 10.2. The molecule has 20 heavy (non-hydrogen) atoms. The second kappa shape index (κ2) is 6.57. The van der Waals surface area contributed by atoms with Crippen LogP contribution < -0.4 is 10.6 Å². The minimum Gasteiger partial charge on any atom is -0.370 e. The Kier molecular flexibility index (Phi) is 4.79. The number of aromatic nitrogens is 2.